The highest BCUT2D eigenvalue weighted by molar-refractivity contribution is 5.36. The van der Waals surface area contributed by atoms with Crippen molar-refractivity contribution in [2.75, 3.05) is 0 Å². The fraction of sp³-hybridized carbons (Fsp3) is 0.375. The maximum atomic E-state index is 2.40. The topological polar surface area (TPSA) is 0 Å². The van der Waals surface area contributed by atoms with Crippen molar-refractivity contribution in [1.82, 2.24) is 0 Å². The maximum absolute atomic E-state index is 2.40. The van der Waals surface area contributed by atoms with Crippen LogP contribution in [0.2, 0.25) is 0 Å². The second kappa shape index (κ2) is 5.16. The number of allylic oxidation sites excluding steroid dienone is 4. The lowest BCUT2D eigenvalue weighted by Gasteiger charge is -2.24. The molecule has 0 aromatic heterocycles. The molecule has 1 atom stereocenters. The van der Waals surface area contributed by atoms with E-state index >= 15 is 0 Å². The van der Waals surface area contributed by atoms with Crippen molar-refractivity contribution >= 4 is 0 Å². The highest BCUT2D eigenvalue weighted by Crippen LogP contribution is 2.34. The van der Waals surface area contributed by atoms with Gasteiger partial charge in [0.2, 0.25) is 0 Å². The quantitative estimate of drug-likeness (QED) is 0.681. The Morgan fingerprint density at radius 2 is 1.75 bits per heavy atom. The first kappa shape index (κ1) is 11.2. The Bertz CT molecular complexity index is 382. The van der Waals surface area contributed by atoms with Gasteiger partial charge < -0.3 is 0 Å². The minimum absolute atomic E-state index is 0.553. The van der Waals surface area contributed by atoms with Gasteiger partial charge in [0.1, 0.15) is 0 Å². The molecule has 84 valence electrons. The van der Waals surface area contributed by atoms with Gasteiger partial charge in [-0.25, -0.2) is 0 Å². The Hall–Kier alpha value is -1.30. The van der Waals surface area contributed by atoms with Gasteiger partial charge in [-0.15, -0.1) is 0 Å². The molecule has 0 bridgehead atoms. The molecule has 0 fully saturated rings. The zero-order valence-corrected chi connectivity index (χ0v) is 10.2. The molecule has 0 saturated carbocycles. The third-order valence-electron chi connectivity index (χ3n) is 3.21. The highest BCUT2D eigenvalue weighted by atomic mass is 14.2. The largest absolute Gasteiger partial charge is 0.0839 e. The smallest absolute Gasteiger partial charge is 0.0109 e. The van der Waals surface area contributed by atoms with Crippen LogP contribution in [0.4, 0.5) is 0 Å². The number of rotatable bonds is 3. The van der Waals surface area contributed by atoms with Crippen molar-refractivity contribution in [1.29, 1.82) is 0 Å². The second-order valence-corrected chi connectivity index (χ2v) is 4.82. The summed E-state index contributed by atoms with van der Waals surface area (Å²) in [4.78, 5) is 0. The van der Waals surface area contributed by atoms with E-state index in [1.807, 2.05) is 0 Å². The first-order valence-electron chi connectivity index (χ1n) is 6.20. The van der Waals surface area contributed by atoms with Gasteiger partial charge in [0.15, 0.2) is 0 Å². The molecule has 1 unspecified atom stereocenters. The van der Waals surface area contributed by atoms with Gasteiger partial charge in [0.05, 0.1) is 0 Å². The van der Waals surface area contributed by atoms with Crippen LogP contribution in [0.1, 0.15) is 38.2 Å². The van der Waals surface area contributed by atoms with Crippen molar-refractivity contribution in [3.8, 4) is 0 Å². The predicted octanol–water partition coefficient (Wildman–Crippen LogP) is 4.70. The summed E-state index contributed by atoms with van der Waals surface area (Å²) in [6, 6.07) is 10.9. The molecule has 2 rings (SSSR count). The van der Waals surface area contributed by atoms with Crippen molar-refractivity contribution < 1.29 is 0 Å². The average molecular weight is 212 g/mol. The summed E-state index contributed by atoms with van der Waals surface area (Å²) in [7, 11) is 0. The maximum Gasteiger partial charge on any atom is 0.0109 e. The van der Waals surface area contributed by atoms with Crippen LogP contribution >= 0.6 is 0 Å². The molecule has 0 heterocycles. The molecule has 1 aromatic rings. The summed E-state index contributed by atoms with van der Waals surface area (Å²) in [5.41, 5.74) is 2.93. The Morgan fingerprint density at radius 1 is 1.00 bits per heavy atom. The third-order valence-corrected chi connectivity index (χ3v) is 3.21. The fourth-order valence-corrected chi connectivity index (χ4v) is 2.49. The lowest BCUT2D eigenvalue weighted by Crippen LogP contribution is -2.09. The molecule has 1 aromatic carbocycles. The Kier molecular flexibility index (Phi) is 3.61. The van der Waals surface area contributed by atoms with Crippen LogP contribution in [-0.2, 0) is 0 Å². The van der Waals surface area contributed by atoms with Crippen LogP contribution in [0.15, 0.2) is 54.1 Å². The van der Waals surface area contributed by atoms with E-state index in [1.54, 1.807) is 0 Å². The molecule has 0 spiro atoms. The minimum atomic E-state index is 0.553. The monoisotopic (exact) mass is 212 g/mol. The lowest BCUT2D eigenvalue weighted by atomic mass is 9.80. The first-order valence-corrected chi connectivity index (χ1v) is 6.20. The van der Waals surface area contributed by atoms with Crippen LogP contribution in [0.3, 0.4) is 0 Å². The number of hydrogen-bond donors (Lipinski definition) is 0. The molecule has 0 saturated heterocycles. The first-order chi connectivity index (χ1) is 7.79. The molecule has 0 aliphatic heterocycles. The predicted molar refractivity (Wildman–Crippen MR) is 70.5 cm³/mol. The Balaban J connectivity index is 2.31. The molecule has 0 N–H and O–H groups in total. The lowest BCUT2D eigenvalue weighted by molar-refractivity contribution is 0.559. The van der Waals surface area contributed by atoms with E-state index in [2.05, 4.69) is 62.4 Å². The molecule has 0 amide bonds. The van der Waals surface area contributed by atoms with E-state index in [-0.39, 0.29) is 0 Å². The molecule has 0 radical (unpaired) electrons. The van der Waals surface area contributed by atoms with Gasteiger partial charge >= 0.3 is 0 Å². The average Bonchev–Trinajstić information content (AvgIpc) is 2.31. The number of benzene rings is 1. The van der Waals surface area contributed by atoms with Gasteiger partial charge in [-0.2, -0.15) is 0 Å². The van der Waals surface area contributed by atoms with E-state index in [0.717, 1.165) is 0 Å². The molecule has 0 nitrogen and oxygen atoms in total. The summed E-state index contributed by atoms with van der Waals surface area (Å²) in [5, 5.41) is 0. The molecule has 1 aliphatic carbocycles. The molecular formula is C16H20. The van der Waals surface area contributed by atoms with E-state index in [1.165, 1.54) is 24.0 Å². The van der Waals surface area contributed by atoms with Crippen molar-refractivity contribution in [3.63, 3.8) is 0 Å². The fourth-order valence-electron chi connectivity index (χ4n) is 2.49. The molecular weight excluding hydrogens is 192 g/mol. The van der Waals surface area contributed by atoms with Crippen LogP contribution in [0.5, 0.6) is 0 Å². The van der Waals surface area contributed by atoms with Crippen LogP contribution in [0.25, 0.3) is 0 Å². The second-order valence-electron chi connectivity index (χ2n) is 4.82. The molecule has 1 aliphatic rings. The molecule has 0 heteroatoms. The number of hydrogen-bond acceptors (Lipinski definition) is 0. The summed E-state index contributed by atoms with van der Waals surface area (Å²) < 4.78 is 0. The summed E-state index contributed by atoms with van der Waals surface area (Å²) >= 11 is 0. The van der Waals surface area contributed by atoms with Gasteiger partial charge in [-0.05, 0) is 29.9 Å². The Morgan fingerprint density at radius 3 is 2.31 bits per heavy atom. The van der Waals surface area contributed by atoms with Crippen molar-refractivity contribution in [2.24, 2.45) is 5.92 Å². The summed E-state index contributed by atoms with van der Waals surface area (Å²) in [6.45, 7) is 4.61. The Labute approximate surface area is 98.7 Å². The summed E-state index contributed by atoms with van der Waals surface area (Å²) in [6.07, 6.45) is 9.40. The van der Waals surface area contributed by atoms with Crippen LogP contribution in [0, 0.1) is 5.92 Å². The van der Waals surface area contributed by atoms with Crippen LogP contribution < -0.4 is 0 Å². The summed E-state index contributed by atoms with van der Waals surface area (Å²) in [5.74, 6) is 1.20. The van der Waals surface area contributed by atoms with E-state index < -0.39 is 0 Å². The SMILES string of the molecule is CC(C)C(C1=CCCC=C1)c1ccccc1. The van der Waals surface area contributed by atoms with Gasteiger partial charge in [0.25, 0.3) is 0 Å². The zero-order chi connectivity index (χ0) is 11.4. The minimum Gasteiger partial charge on any atom is -0.0839 e. The molecule has 16 heavy (non-hydrogen) atoms. The standard InChI is InChI=1S/C16H20/c1-13(2)16(14-9-5-3-6-10-14)15-11-7-4-8-12-15/h3,5-7,9-13,16H,4,8H2,1-2H3. The van der Waals surface area contributed by atoms with Crippen LogP contribution in [-0.4, -0.2) is 0 Å². The normalized spacial score (nSPS) is 17.3. The van der Waals surface area contributed by atoms with E-state index in [4.69, 9.17) is 0 Å². The van der Waals surface area contributed by atoms with Gasteiger partial charge in [-0.1, -0.05) is 62.4 Å². The van der Waals surface area contributed by atoms with Gasteiger partial charge in [-0.3, -0.25) is 0 Å². The van der Waals surface area contributed by atoms with Gasteiger partial charge in [0, 0.05) is 5.92 Å². The third kappa shape index (κ3) is 2.44. The van der Waals surface area contributed by atoms with E-state index in [0.29, 0.717) is 11.8 Å². The highest BCUT2D eigenvalue weighted by Gasteiger charge is 2.19. The van der Waals surface area contributed by atoms with Crippen molar-refractivity contribution in [2.45, 2.75) is 32.6 Å². The van der Waals surface area contributed by atoms with Crippen molar-refractivity contribution in [3.05, 3.63) is 59.7 Å². The van der Waals surface area contributed by atoms with E-state index in [9.17, 15) is 0 Å². The zero-order valence-electron chi connectivity index (χ0n) is 10.2.